The largest absolute Gasteiger partial charge is 0.294 e. The van der Waals surface area contributed by atoms with Crippen molar-refractivity contribution in [1.29, 1.82) is 0 Å². The normalized spacial score (nSPS) is 10.4. The van der Waals surface area contributed by atoms with E-state index >= 15 is 0 Å². The van der Waals surface area contributed by atoms with Crippen LogP contribution in [0.25, 0.3) is 0 Å². The molecule has 19 heavy (non-hydrogen) atoms. The topological polar surface area (TPSA) is 17.1 Å². The summed E-state index contributed by atoms with van der Waals surface area (Å²) in [6.45, 7) is 0. The third-order valence-corrected chi connectivity index (χ3v) is 2.95. The average molecular weight is 260 g/mol. The van der Waals surface area contributed by atoms with Crippen LogP contribution in [0.3, 0.4) is 0 Å². The minimum Gasteiger partial charge on any atom is -0.294 e. The van der Waals surface area contributed by atoms with Gasteiger partial charge < -0.3 is 0 Å². The van der Waals surface area contributed by atoms with Gasteiger partial charge in [0.25, 0.3) is 0 Å². The highest BCUT2D eigenvalue weighted by Crippen LogP contribution is 2.14. The molecule has 0 radical (unpaired) electrons. The molecule has 2 aromatic rings. The summed E-state index contributed by atoms with van der Waals surface area (Å²) in [5.74, 6) is -0.850. The first-order valence-electron chi connectivity index (χ1n) is 6.19. The zero-order valence-electron chi connectivity index (χ0n) is 10.4. The first-order valence-corrected chi connectivity index (χ1v) is 6.19. The summed E-state index contributed by atoms with van der Waals surface area (Å²) in [7, 11) is 0. The average Bonchev–Trinajstić information content (AvgIpc) is 2.43. The molecule has 0 saturated heterocycles. The van der Waals surface area contributed by atoms with E-state index in [1.807, 2.05) is 6.07 Å². The molecular weight excluding hydrogens is 246 g/mol. The van der Waals surface area contributed by atoms with Gasteiger partial charge in [0.2, 0.25) is 0 Å². The lowest BCUT2D eigenvalue weighted by Gasteiger charge is -2.03. The molecule has 0 spiro atoms. The summed E-state index contributed by atoms with van der Waals surface area (Å²) >= 11 is 0. The molecular formula is C16H14F2O. The van der Waals surface area contributed by atoms with Gasteiger partial charge in [-0.3, -0.25) is 4.79 Å². The van der Waals surface area contributed by atoms with Gasteiger partial charge in [-0.15, -0.1) is 0 Å². The number of Topliss-reactive ketones (excluding diaryl/α,β-unsaturated/α-hetero) is 1. The lowest BCUT2D eigenvalue weighted by molar-refractivity contribution is 0.0980. The molecule has 0 amide bonds. The van der Waals surface area contributed by atoms with Crippen molar-refractivity contribution in [2.24, 2.45) is 0 Å². The van der Waals surface area contributed by atoms with E-state index < -0.39 is 11.6 Å². The van der Waals surface area contributed by atoms with E-state index in [0.717, 1.165) is 12.1 Å². The van der Waals surface area contributed by atoms with Gasteiger partial charge in [0.15, 0.2) is 5.78 Å². The van der Waals surface area contributed by atoms with Crippen molar-refractivity contribution in [2.75, 3.05) is 0 Å². The Morgan fingerprint density at radius 3 is 2.47 bits per heavy atom. The van der Waals surface area contributed by atoms with Gasteiger partial charge in [0.1, 0.15) is 11.6 Å². The first kappa shape index (κ1) is 13.4. The number of carbonyl (C=O) groups excluding carboxylic acids is 1. The predicted molar refractivity (Wildman–Crippen MR) is 70.1 cm³/mol. The third-order valence-electron chi connectivity index (χ3n) is 2.95. The maximum absolute atomic E-state index is 13.4. The van der Waals surface area contributed by atoms with E-state index in [1.165, 1.54) is 6.07 Å². The molecule has 2 aromatic carbocycles. The standard InChI is InChI=1S/C16H14F2O/c17-14-9-10-15(18)13(11-14)7-4-8-16(19)12-5-2-1-3-6-12/h1-3,5-6,9-11H,4,7-8H2. The van der Waals surface area contributed by atoms with Crippen LogP contribution in [0, 0.1) is 11.6 Å². The summed E-state index contributed by atoms with van der Waals surface area (Å²) < 4.78 is 26.3. The number of carbonyl (C=O) groups is 1. The molecule has 98 valence electrons. The zero-order chi connectivity index (χ0) is 13.7. The van der Waals surface area contributed by atoms with Gasteiger partial charge in [-0.1, -0.05) is 30.3 Å². The molecule has 1 nitrogen and oxygen atoms in total. The Bertz CT molecular complexity index is 564. The van der Waals surface area contributed by atoms with Crippen molar-refractivity contribution in [3.8, 4) is 0 Å². The van der Waals surface area contributed by atoms with E-state index in [2.05, 4.69) is 0 Å². The van der Waals surface area contributed by atoms with Crippen LogP contribution in [0.4, 0.5) is 8.78 Å². The Labute approximate surface area is 110 Å². The quantitative estimate of drug-likeness (QED) is 0.737. The first-order chi connectivity index (χ1) is 9.16. The fraction of sp³-hybridized carbons (Fsp3) is 0.188. The van der Waals surface area contributed by atoms with Crippen LogP contribution < -0.4 is 0 Å². The van der Waals surface area contributed by atoms with Gasteiger partial charge >= 0.3 is 0 Å². The van der Waals surface area contributed by atoms with Gasteiger partial charge in [-0.25, -0.2) is 8.78 Å². The van der Waals surface area contributed by atoms with Crippen LogP contribution in [0.1, 0.15) is 28.8 Å². The smallest absolute Gasteiger partial charge is 0.162 e. The summed E-state index contributed by atoms with van der Waals surface area (Å²) in [6, 6.07) is 12.4. The Morgan fingerprint density at radius 2 is 1.74 bits per heavy atom. The highest BCUT2D eigenvalue weighted by Gasteiger charge is 2.07. The predicted octanol–water partition coefficient (Wildman–Crippen LogP) is 4.17. The number of ketones is 1. The highest BCUT2D eigenvalue weighted by molar-refractivity contribution is 5.95. The second-order valence-electron chi connectivity index (χ2n) is 4.38. The second-order valence-corrected chi connectivity index (χ2v) is 4.38. The van der Waals surface area contributed by atoms with E-state index in [0.29, 0.717) is 30.4 Å². The maximum Gasteiger partial charge on any atom is 0.162 e. The summed E-state index contributed by atoms with van der Waals surface area (Å²) in [5, 5.41) is 0. The Kier molecular flexibility index (Phi) is 4.39. The zero-order valence-corrected chi connectivity index (χ0v) is 10.4. The van der Waals surface area contributed by atoms with Crippen LogP contribution in [0.2, 0.25) is 0 Å². The highest BCUT2D eigenvalue weighted by atomic mass is 19.1. The van der Waals surface area contributed by atoms with Crippen LogP contribution in [0.5, 0.6) is 0 Å². The number of benzene rings is 2. The van der Waals surface area contributed by atoms with Gasteiger partial charge in [-0.2, -0.15) is 0 Å². The van der Waals surface area contributed by atoms with Crippen molar-refractivity contribution in [3.05, 3.63) is 71.3 Å². The van der Waals surface area contributed by atoms with Gasteiger partial charge in [0.05, 0.1) is 0 Å². The molecule has 3 heteroatoms. The lowest BCUT2D eigenvalue weighted by atomic mass is 10.0. The van der Waals surface area contributed by atoms with Crippen molar-refractivity contribution in [1.82, 2.24) is 0 Å². The van der Waals surface area contributed by atoms with Crippen LogP contribution >= 0.6 is 0 Å². The second kappa shape index (κ2) is 6.23. The number of aryl methyl sites for hydroxylation is 1. The SMILES string of the molecule is O=C(CCCc1cc(F)ccc1F)c1ccccc1. The molecule has 0 aliphatic heterocycles. The molecule has 0 atom stereocenters. The van der Waals surface area contributed by atoms with E-state index in [1.54, 1.807) is 24.3 Å². The van der Waals surface area contributed by atoms with Crippen LogP contribution in [0.15, 0.2) is 48.5 Å². The number of rotatable bonds is 5. The molecule has 0 heterocycles. The number of halogens is 2. The Morgan fingerprint density at radius 1 is 1.00 bits per heavy atom. The van der Waals surface area contributed by atoms with Crippen molar-refractivity contribution in [3.63, 3.8) is 0 Å². The van der Waals surface area contributed by atoms with E-state index in [-0.39, 0.29) is 5.78 Å². The molecule has 0 bridgehead atoms. The Balaban J connectivity index is 1.90. The molecule has 0 aliphatic carbocycles. The van der Waals surface area contributed by atoms with Crippen molar-refractivity contribution >= 4 is 5.78 Å². The summed E-state index contributed by atoms with van der Waals surface area (Å²) in [5.41, 5.74) is 0.975. The molecule has 0 aromatic heterocycles. The maximum atomic E-state index is 13.4. The lowest BCUT2D eigenvalue weighted by Crippen LogP contribution is -2.00. The van der Waals surface area contributed by atoms with Crippen molar-refractivity contribution < 1.29 is 13.6 Å². The van der Waals surface area contributed by atoms with E-state index in [4.69, 9.17) is 0 Å². The summed E-state index contributed by atoms with van der Waals surface area (Å²) in [6.07, 6.45) is 1.20. The number of hydrogen-bond acceptors (Lipinski definition) is 1. The molecule has 2 rings (SSSR count). The van der Waals surface area contributed by atoms with Crippen molar-refractivity contribution in [2.45, 2.75) is 19.3 Å². The fourth-order valence-electron chi connectivity index (χ4n) is 1.94. The Hall–Kier alpha value is -2.03. The van der Waals surface area contributed by atoms with Crippen LogP contribution in [-0.4, -0.2) is 5.78 Å². The van der Waals surface area contributed by atoms with Gasteiger partial charge in [-0.05, 0) is 36.6 Å². The minimum absolute atomic E-state index is 0.0254. The molecule has 0 N–H and O–H groups in total. The molecule has 0 aliphatic rings. The fourth-order valence-corrected chi connectivity index (χ4v) is 1.94. The number of hydrogen-bond donors (Lipinski definition) is 0. The summed E-state index contributed by atoms with van der Waals surface area (Å²) in [4.78, 5) is 11.8. The third kappa shape index (κ3) is 3.71. The molecule has 0 fully saturated rings. The molecule has 0 unspecified atom stereocenters. The van der Waals surface area contributed by atoms with Gasteiger partial charge in [0, 0.05) is 12.0 Å². The van der Waals surface area contributed by atoms with E-state index in [9.17, 15) is 13.6 Å². The van der Waals surface area contributed by atoms with Crippen LogP contribution in [-0.2, 0) is 6.42 Å². The minimum atomic E-state index is -0.453. The molecule has 0 saturated carbocycles. The monoisotopic (exact) mass is 260 g/mol.